The van der Waals surface area contributed by atoms with E-state index in [-0.39, 0.29) is 5.69 Å². The smallest absolute Gasteiger partial charge is 0.305 e. The van der Waals surface area contributed by atoms with Crippen LogP contribution in [0.25, 0.3) is 11.0 Å². The standard InChI is InChI=1S/C11H13ClN2O/c1-7(2)6-14-10-4-3-8(12)5-9(10)13-11(14)15/h3-5,7H,6H2,1-2H3,(H,13,15). The summed E-state index contributed by atoms with van der Waals surface area (Å²) in [5.74, 6) is 0.442. The van der Waals surface area contributed by atoms with Gasteiger partial charge in [-0.1, -0.05) is 25.4 Å². The van der Waals surface area contributed by atoms with Crippen LogP contribution in [0, 0.1) is 5.92 Å². The van der Waals surface area contributed by atoms with Crippen molar-refractivity contribution in [1.29, 1.82) is 0 Å². The summed E-state index contributed by atoms with van der Waals surface area (Å²) in [5.41, 5.74) is 1.65. The van der Waals surface area contributed by atoms with Crippen molar-refractivity contribution in [2.75, 3.05) is 0 Å². The van der Waals surface area contributed by atoms with Crippen LogP contribution in [-0.2, 0) is 6.54 Å². The summed E-state index contributed by atoms with van der Waals surface area (Å²) in [6.45, 7) is 4.89. The Labute approximate surface area is 92.7 Å². The predicted molar refractivity (Wildman–Crippen MR) is 62.4 cm³/mol. The minimum absolute atomic E-state index is 0.0685. The first-order valence-electron chi connectivity index (χ1n) is 4.96. The Hall–Kier alpha value is -1.22. The third kappa shape index (κ3) is 1.92. The molecule has 0 amide bonds. The third-order valence-electron chi connectivity index (χ3n) is 2.28. The first-order valence-corrected chi connectivity index (χ1v) is 5.34. The van der Waals surface area contributed by atoms with E-state index in [1.807, 2.05) is 6.07 Å². The Bertz CT molecular complexity index is 539. The van der Waals surface area contributed by atoms with Gasteiger partial charge >= 0.3 is 5.69 Å². The molecule has 0 aliphatic heterocycles. The molecule has 0 aliphatic rings. The molecule has 0 saturated heterocycles. The average molecular weight is 225 g/mol. The molecule has 15 heavy (non-hydrogen) atoms. The van der Waals surface area contributed by atoms with E-state index >= 15 is 0 Å². The topological polar surface area (TPSA) is 37.8 Å². The normalized spacial score (nSPS) is 11.5. The second-order valence-corrected chi connectivity index (χ2v) is 4.53. The second-order valence-electron chi connectivity index (χ2n) is 4.10. The largest absolute Gasteiger partial charge is 0.326 e. The van der Waals surface area contributed by atoms with E-state index in [0.717, 1.165) is 17.6 Å². The number of nitrogens with one attached hydrogen (secondary N) is 1. The van der Waals surface area contributed by atoms with E-state index in [0.29, 0.717) is 10.9 Å². The van der Waals surface area contributed by atoms with E-state index in [2.05, 4.69) is 18.8 Å². The first kappa shape index (κ1) is 10.3. The van der Waals surface area contributed by atoms with E-state index < -0.39 is 0 Å². The Morgan fingerprint density at radius 2 is 2.20 bits per heavy atom. The molecule has 0 saturated carbocycles. The van der Waals surface area contributed by atoms with Gasteiger partial charge in [0.25, 0.3) is 0 Å². The van der Waals surface area contributed by atoms with Crippen LogP contribution in [0.4, 0.5) is 0 Å². The quantitative estimate of drug-likeness (QED) is 0.837. The number of aromatic nitrogens is 2. The third-order valence-corrected chi connectivity index (χ3v) is 2.52. The lowest BCUT2D eigenvalue weighted by Gasteiger charge is -2.05. The highest BCUT2D eigenvalue weighted by Gasteiger charge is 2.07. The van der Waals surface area contributed by atoms with Gasteiger partial charge in [-0.2, -0.15) is 0 Å². The van der Waals surface area contributed by atoms with Crippen LogP contribution in [-0.4, -0.2) is 9.55 Å². The number of nitrogens with zero attached hydrogens (tertiary/aromatic N) is 1. The van der Waals surface area contributed by atoms with E-state index in [1.54, 1.807) is 16.7 Å². The Balaban J connectivity index is 2.63. The average Bonchev–Trinajstić information content (AvgIpc) is 2.41. The Morgan fingerprint density at radius 3 is 2.87 bits per heavy atom. The maximum absolute atomic E-state index is 11.6. The van der Waals surface area contributed by atoms with Crippen LogP contribution in [0.2, 0.25) is 5.02 Å². The maximum atomic E-state index is 11.6. The molecule has 0 unspecified atom stereocenters. The molecule has 1 aromatic carbocycles. The van der Waals surface area contributed by atoms with E-state index in [9.17, 15) is 4.79 Å². The minimum atomic E-state index is -0.0685. The van der Waals surface area contributed by atoms with Gasteiger partial charge in [-0.05, 0) is 24.1 Å². The fourth-order valence-corrected chi connectivity index (χ4v) is 1.85. The number of aromatic amines is 1. The van der Waals surface area contributed by atoms with Gasteiger partial charge in [-0.3, -0.25) is 4.57 Å². The summed E-state index contributed by atoms with van der Waals surface area (Å²) in [7, 11) is 0. The monoisotopic (exact) mass is 224 g/mol. The molecule has 1 heterocycles. The van der Waals surface area contributed by atoms with Crippen LogP contribution in [0.3, 0.4) is 0 Å². The first-order chi connectivity index (χ1) is 7.08. The minimum Gasteiger partial charge on any atom is -0.305 e. The highest BCUT2D eigenvalue weighted by atomic mass is 35.5. The van der Waals surface area contributed by atoms with Gasteiger partial charge in [0.1, 0.15) is 0 Å². The summed E-state index contributed by atoms with van der Waals surface area (Å²) >= 11 is 5.85. The summed E-state index contributed by atoms with van der Waals surface area (Å²) in [6.07, 6.45) is 0. The molecule has 0 aliphatic carbocycles. The van der Waals surface area contributed by atoms with E-state index in [1.165, 1.54) is 0 Å². The lowest BCUT2D eigenvalue weighted by atomic mass is 10.2. The van der Waals surface area contributed by atoms with Crippen molar-refractivity contribution < 1.29 is 0 Å². The van der Waals surface area contributed by atoms with Crippen molar-refractivity contribution in [3.05, 3.63) is 33.7 Å². The molecule has 1 N–H and O–H groups in total. The number of imidazole rings is 1. The highest BCUT2D eigenvalue weighted by molar-refractivity contribution is 6.31. The summed E-state index contributed by atoms with van der Waals surface area (Å²) in [4.78, 5) is 14.4. The summed E-state index contributed by atoms with van der Waals surface area (Å²) in [6, 6.07) is 5.45. The Morgan fingerprint density at radius 1 is 1.47 bits per heavy atom. The molecule has 4 heteroatoms. The summed E-state index contributed by atoms with van der Waals surface area (Å²) in [5, 5.41) is 0.639. The van der Waals surface area contributed by atoms with Crippen LogP contribution in [0.15, 0.2) is 23.0 Å². The fourth-order valence-electron chi connectivity index (χ4n) is 1.68. The number of rotatable bonds is 2. The molecule has 3 nitrogen and oxygen atoms in total. The lowest BCUT2D eigenvalue weighted by Crippen LogP contribution is -2.19. The van der Waals surface area contributed by atoms with Gasteiger partial charge in [-0.25, -0.2) is 4.79 Å². The number of H-pyrrole nitrogens is 1. The molecular formula is C11H13ClN2O. The predicted octanol–water partition coefficient (Wildman–Crippen LogP) is 2.64. The van der Waals surface area contributed by atoms with Gasteiger partial charge in [0.15, 0.2) is 0 Å². The molecular weight excluding hydrogens is 212 g/mol. The van der Waals surface area contributed by atoms with Gasteiger partial charge in [0.2, 0.25) is 0 Å². The summed E-state index contributed by atoms with van der Waals surface area (Å²) < 4.78 is 1.75. The van der Waals surface area contributed by atoms with Crippen LogP contribution in [0.1, 0.15) is 13.8 Å². The van der Waals surface area contributed by atoms with Gasteiger partial charge < -0.3 is 4.98 Å². The molecule has 0 spiro atoms. The molecule has 0 radical (unpaired) electrons. The number of hydrogen-bond donors (Lipinski definition) is 1. The van der Waals surface area contributed by atoms with Crippen molar-refractivity contribution in [1.82, 2.24) is 9.55 Å². The van der Waals surface area contributed by atoms with Crippen LogP contribution >= 0.6 is 11.6 Å². The van der Waals surface area contributed by atoms with Crippen molar-refractivity contribution in [2.24, 2.45) is 5.92 Å². The van der Waals surface area contributed by atoms with Crippen LogP contribution < -0.4 is 5.69 Å². The van der Waals surface area contributed by atoms with Crippen molar-refractivity contribution >= 4 is 22.6 Å². The zero-order valence-corrected chi connectivity index (χ0v) is 9.51. The van der Waals surface area contributed by atoms with Gasteiger partial charge in [-0.15, -0.1) is 0 Å². The van der Waals surface area contributed by atoms with Gasteiger partial charge in [0, 0.05) is 11.6 Å². The van der Waals surface area contributed by atoms with Gasteiger partial charge in [0.05, 0.1) is 11.0 Å². The highest BCUT2D eigenvalue weighted by Crippen LogP contribution is 2.17. The number of fused-ring (bicyclic) bond motifs is 1. The molecule has 0 atom stereocenters. The lowest BCUT2D eigenvalue weighted by molar-refractivity contribution is 0.522. The second kappa shape index (κ2) is 3.74. The molecule has 2 aromatic rings. The zero-order chi connectivity index (χ0) is 11.0. The SMILES string of the molecule is CC(C)Cn1c(=O)[nH]c2cc(Cl)ccc21. The molecule has 1 aromatic heterocycles. The fraction of sp³-hybridized carbons (Fsp3) is 0.364. The van der Waals surface area contributed by atoms with E-state index in [4.69, 9.17) is 11.6 Å². The van der Waals surface area contributed by atoms with Crippen molar-refractivity contribution in [2.45, 2.75) is 20.4 Å². The zero-order valence-electron chi connectivity index (χ0n) is 8.75. The molecule has 0 bridgehead atoms. The Kier molecular flexibility index (Phi) is 2.57. The number of hydrogen-bond acceptors (Lipinski definition) is 1. The molecule has 2 rings (SSSR count). The number of halogens is 1. The maximum Gasteiger partial charge on any atom is 0.326 e. The van der Waals surface area contributed by atoms with Crippen molar-refractivity contribution in [3.8, 4) is 0 Å². The number of benzene rings is 1. The van der Waals surface area contributed by atoms with Crippen LogP contribution in [0.5, 0.6) is 0 Å². The molecule has 80 valence electrons. The van der Waals surface area contributed by atoms with Crippen molar-refractivity contribution in [3.63, 3.8) is 0 Å². The molecule has 0 fully saturated rings.